The lowest BCUT2D eigenvalue weighted by Gasteiger charge is -2.14. The normalized spacial score (nSPS) is 11.9. The Morgan fingerprint density at radius 1 is 1.56 bits per heavy atom. The summed E-state index contributed by atoms with van der Waals surface area (Å²) in [5, 5.41) is 11.7. The average Bonchev–Trinajstić information content (AvgIpc) is 2.32. The van der Waals surface area contributed by atoms with Crippen molar-refractivity contribution in [1.29, 1.82) is 0 Å². The molecule has 0 spiro atoms. The molecule has 0 radical (unpaired) electrons. The second-order valence-electron chi connectivity index (χ2n) is 3.44. The number of carboxylic acid groups (broad SMARTS) is 1. The second-order valence-corrected chi connectivity index (χ2v) is 3.88. The number of rotatable bonds is 5. The van der Waals surface area contributed by atoms with Crippen LogP contribution in [0.1, 0.15) is 10.4 Å². The van der Waals surface area contributed by atoms with E-state index in [4.69, 9.17) is 27.2 Å². The predicted molar refractivity (Wildman–Crippen MR) is 66.9 cm³/mol. The predicted octanol–water partition coefficient (Wildman–Crippen LogP) is 0.950. The van der Waals surface area contributed by atoms with Gasteiger partial charge in [0.1, 0.15) is 6.10 Å². The molecule has 0 aliphatic heterocycles. The third kappa shape index (κ3) is 3.43. The molecule has 0 aliphatic rings. The molecule has 1 aromatic rings. The molecule has 18 heavy (non-hydrogen) atoms. The van der Waals surface area contributed by atoms with E-state index in [2.05, 4.69) is 5.32 Å². The molecule has 0 saturated heterocycles. The topological polar surface area (TPSA) is 102 Å². The van der Waals surface area contributed by atoms with Gasteiger partial charge in [0, 0.05) is 18.7 Å². The minimum Gasteiger partial charge on any atom is -0.478 e. The third-order valence-electron chi connectivity index (χ3n) is 2.26. The number of aromatic carboxylic acids is 1. The van der Waals surface area contributed by atoms with Crippen LogP contribution in [0.15, 0.2) is 18.2 Å². The number of halogens is 1. The summed E-state index contributed by atoms with van der Waals surface area (Å²) in [6.45, 7) is -0.00166. The summed E-state index contributed by atoms with van der Waals surface area (Å²) in [5.74, 6) is -1.70. The second kappa shape index (κ2) is 6.34. The van der Waals surface area contributed by atoms with Gasteiger partial charge < -0.3 is 20.9 Å². The molecule has 7 heteroatoms. The van der Waals surface area contributed by atoms with Crippen LogP contribution in [0.25, 0.3) is 0 Å². The fraction of sp³-hybridized carbons (Fsp3) is 0.273. The van der Waals surface area contributed by atoms with Crippen molar-refractivity contribution in [2.75, 3.05) is 19.0 Å². The lowest BCUT2D eigenvalue weighted by molar-refractivity contribution is -0.125. The smallest absolute Gasteiger partial charge is 0.337 e. The Hall–Kier alpha value is -1.63. The number of anilines is 1. The minimum atomic E-state index is -1.19. The Balaban J connectivity index is 2.97. The van der Waals surface area contributed by atoms with Gasteiger partial charge in [0.15, 0.2) is 0 Å². The van der Waals surface area contributed by atoms with E-state index < -0.39 is 18.0 Å². The Bertz CT molecular complexity index is 460. The van der Waals surface area contributed by atoms with E-state index >= 15 is 0 Å². The monoisotopic (exact) mass is 272 g/mol. The number of methoxy groups -OCH3 is 1. The SMILES string of the molecule is COC(CN)C(=O)Nc1ccc(Cl)cc1C(=O)O. The number of carbonyl (C=O) groups is 2. The van der Waals surface area contributed by atoms with Gasteiger partial charge in [0.25, 0.3) is 5.91 Å². The van der Waals surface area contributed by atoms with Crippen molar-refractivity contribution >= 4 is 29.2 Å². The maximum absolute atomic E-state index is 11.7. The standard InChI is InChI=1S/C11H13ClN2O4/c1-18-9(5-13)10(15)14-8-3-2-6(12)4-7(8)11(16)17/h2-4,9H,5,13H2,1H3,(H,14,15)(H,16,17). The van der Waals surface area contributed by atoms with E-state index in [0.717, 1.165) is 0 Å². The molecular weight excluding hydrogens is 260 g/mol. The minimum absolute atomic E-state index is 0.00166. The van der Waals surface area contributed by atoms with E-state index in [9.17, 15) is 9.59 Å². The van der Waals surface area contributed by atoms with E-state index in [-0.39, 0.29) is 22.8 Å². The summed E-state index contributed by atoms with van der Waals surface area (Å²) < 4.78 is 4.85. The molecule has 1 aromatic carbocycles. The van der Waals surface area contributed by atoms with E-state index in [0.29, 0.717) is 0 Å². The van der Waals surface area contributed by atoms with Crippen LogP contribution in [0.4, 0.5) is 5.69 Å². The summed E-state index contributed by atoms with van der Waals surface area (Å²) in [4.78, 5) is 22.7. The van der Waals surface area contributed by atoms with Gasteiger partial charge >= 0.3 is 5.97 Å². The molecule has 6 nitrogen and oxygen atoms in total. The number of ether oxygens (including phenoxy) is 1. The van der Waals surface area contributed by atoms with Gasteiger partial charge in [-0.25, -0.2) is 4.79 Å². The number of hydrogen-bond acceptors (Lipinski definition) is 4. The van der Waals surface area contributed by atoms with Crippen LogP contribution in [0.5, 0.6) is 0 Å². The highest BCUT2D eigenvalue weighted by Crippen LogP contribution is 2.21. The maximum atomic E-state index is 11.7. The van der Waals surface area contributed by atoms with Crippen LogP contribution in [0, 0.1) is 0 Å². The van der Waals surface area contributed by atoms with Crippen molar-refractivity contribution in [3.63, 3.8) is 0 Å². The number of carbonyl (C=O) groups excluding carboxylic acids is 1. The molecule has 0 saturated carbocycles. The van der Waals surface area contributed by atoms with Crippen molar-refractivity contribution < 1.29 is 19.4 Å². The molecule has 1 atom stereocenters. The summed E-state index contributed by atoms with van der Waals surface area (Å²) in [7, 11) is 1.34. The van der Waals surface area contributed by atoms with E-state index in [1.165, 1.54) is 25.3 Å². The molecule has 1 rings (SSSR count). The molecule has 0 aliphatic carbocycles. The Morgan fingerprint density at radius 3 is 2.72 bits per heavy atom. The zero-order valence-corrected chi connectivity index (χ0v) is 10.4. The van der Waals surface area contributed by atoms with E-state index in [1.807, 2.05) is 0 Å². The molecule has 1 unspecified atom stereocenters. The van der Waals surface area contributed by atoms with Crippen LogP contribution < -0.4 is 11.1 Å². The highest BCUT2D eigenvalue weighted by atomic mass is 35.5. The van der Waals surface area contributed by atoms with Gasteiger partial charge in [-0.05, 0) is 18.2 Å². The summed E-state index contributed by atoms with van der Waals surface area (Å²) in [5.41, 5.74) is 5.39. The highest BCUT2D eigenvalue weighted by molar-refractivity contribution is 6.31. The van der Waals surface area contributed by atoms with Crippen molar-refractivity contribution in [2.24, 2.45) is 5.73 Å². The molecule has 0 heterocycles. The van der Waals surface area contributed by atoms with E-state index in [1.54, 1.807) is 0 Å². The highest BCUT2D eigenvalue weighted by Gasteiger charge is 2.19. The Kier molecular flexibility index (Phi) is 5.08. The van der Waals surface area contributed by atoms with Crippen molar-refractivity contribution in [2.45, 2.75) is 6.10 Å². The lowest BCUT2D eigenvalue weighted by Crippen LogP contribution is -2.36. The first-order chi connectivity index (χ1) is 8.49. The first kappa shape index (κ1) is 14.4. The van der Waals surface area contributed by atoms with Crippen molar-refractivity contribution in [1.82, 2.24) is 0 Å². The van der Waals surface area contributed by atoms with Crippen LogP contribution in [0.2, 0.25) is 5.02 Å². The van der Waals surface area contributed by atoms with Gasteiger partial charge in [-0.15, -0.1) is 0 Å². The van der Waals surface area contributed by atoms with Crippen LogP contribution >= 0.6 is 11.6 Å². The Morgan fingerprint density at radius 2 is 2.22 bits per heavy atom. The third-order valence-corrected chi connectivity index (χ3v) is 2.50. The van der Waals surface area contributed by atoms with Crippen LogP contribution in [0.3, 0.4) is 0 Å². The zero-order chi connectivity index (χ0) is 13.7. The maximum Gasteiger partial charge on any atom is 0.337 e. The molecule has 0 bridgehead atoms. The van der Waals surface area contributed by atoms with Gasteiger partial charge in [0.05, 0.1) is 11.3 Å². The summed E-state index contributed by atoms with van der Waals surface area (Å²) in [6, 6.07) is 4.14. The van der Waals surface area contributed by atoms with Gasteiger partial charge in [-0.2, -0.15) is 0 Å². The summed E-state index contributed by atoms with van der Waals surface area (Å²) in [6.07, 6.45) is -0.831. The fourth-order valence-corrected chi connectivity index (χ4v) is 1.50. The zero-order valence-electron chi connectivity index (χ0n) is 9.64. The van der Waals surface area contributed by atoms with Gasteiger partial charge in [-0.3, -0.25) is 4.79 Å². The first-order valence-corrected chi connectivity index (χ1v) is 5.44. The fourth-order valence-electron chi connectivity index (χ4n) is 1.33. The van der Waals surface area contributed by atoms with Gasteiger partial charge in [0.2, 0.25) is 0 Å². The Labute approximate surface area is 109 Å². The number of nitrogens with two attached hydrogens (primary N) is 1. The molecular formula is C11H13ClN2O4. The molecule has 98 valence electrons. The van der Waals surface area contributed by atoms with Crippen LogP contribution in [-0.4, -0.2) is 36.7 Å². The number of benzene rings is 1. The molecule has 4 N–H and O–H groups in total. The summed E-state index contributed by atoms with van der Waals surface area (Å²) >= 11 is 5.69. The number of hydrogen-bond donors (Lipinski definition) is 3. The number of amides is 1. The van der Waals surface area contributed by atoms with Crippen molar-refractivity contribution in [3.8, 4) is 0 Å². The van der Waals surface area contributed by atoms with Crippen LogP contribution in [-0.2, 0) is 9.53 Å². The van der Waals surface area contributed by atoms with Gasteiger partial charge in [-0.1, -0.05) is 11.6 Å². The first-order valence-electron chi connectivity index (χ1n) is 5.06. The van der Waals surface area contributed by atoms with Crippen molar-refractivity contribution in [3.05, 3.63) is 28.8 Å². The lowest BCUT2D eigenvalue weighted by atomic mass is 10.1. The quantitative estimate of drug-likeness (QED) is 0.741. The average molecular weight is 273 g/mol. The number of carboxylic acids is 1. The molecule has 1 amide bonds. The number of nitrogens with one attached hydrogen (secondary N) is 1. The molecule has 0 aromatic heterocycles. The molecule has 0 fully saturated rings. The largest absolute Gasteiger partial charge is 0.478 e.